The Kier molecular flexibility index (Phi) is 13.0. The van der Waals surface area contributed by atoms with Gasteiger partial charge in [0.05, 0.1) is 46.1 Å². The van der Waals surface area contributed by atoms with Gasteiger partial charge >= 0.3 is 0 Å². The predicted octanol–water partition coefficient (Wildman–Crippen LogP) is 5.18. The van der Waals surface area contributed by atoms with Gasteiger partial charge in [-0.2, -0.15) is 0 Å². The molecule has 3 aromatic rings. The van der Waals surface area contributed by atoms with Gasteiger partial charge in [-0.05, 0) is 61.2 Å². The molecule has 0 unspecified atom stereocenters. The summed E-state index contributed by atoms with van der Waals surface area (Å²) >= 11 is 0. The van der Waals surface area contributed by atoms with Crippen molar-refractivity contribution in [2.45, 2.75) is 69.0 Å². The van der Waals surface area contributed by atoms with Gasteiger partial charge < -0.3 is 33.9 Å². The molecule has 1 N–H and O–H groups in total. The van der Waals surface area contributed by atoms with Gasteiger partial charge in [-0.15, -0.1) is 0 Å². The van der Waals surface area contributed by atoms with Crippen molar-refractivity contribution in [3.8, 4) is 28.7 Å². The van der Waals surface area contributed by atoms with Crippen molar-refractivity contribution in [1.29, 1.82) is 0 Å². The van der Waals surface area contributed by atoms with Crippen molar-refractivity contribution in [1.82, 2.24) is 10.2 Å². The van der Waals surface area contributed by atoms with E-state index in [1.54, 1.807) is 31.4 Å². The molecule has 1 atom stereocenters. The minimum atomic E-state index is -4.46. The third-order valence-corrected chi connectivity index (χ3v) is 10.5. The van der Waals surface area contributed by atoms with Gasteiger partial charge in [0.1, 0.15) is 29.8 Å². The molecule has 1 saturated carbocycles. The van der Waals surface area contributed by atoms with E-state index in [0.29, 0.717) is 23.7 Å². The summed E-state index contributed by atoms with van der Waals surface area (Å²) in [5.41, 5.74) is 0.820. The summed E-state index contributed by atoms with van der Waals surface area (Å²) in [7, 11) is 2.82. The number of benzene rings is 3. The predicted molar refractivity (Wildman–Crippen MR) is 186 cm³/mol. The Balaban J connectivity index is 1.81. The number of hydrogen-bond acceptors (Lipinski definition) is 9. The molecule has 0 radical (unpaired) electrons. The van der Waals surface area contributed by atoms with Crippen LogP contribution in [0.3, 0.4) is 0 Å². The normalized spacial score (nSPS) is 13.9. The summed E-state index contributed by atoms with van der Waals surface area (Å²) in [5, 5.41) is 3.16. The summed E-state index contributed by atoms with van der Waals surface area (Å²) in [6.45, 7) is 1.24. The third-order valence-electron chi connectivity index (χ3n) is 8.73. The maximum absolute atomic E-state index is 14.6. The number of nitrogens with one attached hydrogen (secondary N) is 1. The molecule has 3 aromatic carbocycles. The Bertz CT molecular complexity index is 1680. The highest BCUT2D eigenvalue weighted by Gasteiger charge is 2.36. The number of methoxy groups -OCH3 is 5. The van der Waals surface area contributed by atoms with Crippen LogP contribution < -0.4 is 33.3 Å². The van der Waals surface area contributed by atoms with Gasteiger partial charge in [0.25, 0.3) is 10.0 Å². The van der Waals surface area contributed by atoms with Crippen LogP contribution in [0.5, 0.6) is 28.7 Å². The zero-order chi connectivity index (χ0) is 35.6. The van der Waals surface area contributed by atoms with E-state index in [4.69, 9.17) is 23.7 Å². The van der Waals surface area contributed by atoms with Crippen LogP contribution >= 0.6 is 0 Å². The Morgan fingerprint density at radius 2 is 1.39 bits per heavy atom. The van der Waals surface area contributed by atoms with Crippen LogP contribution in [0, 0.1) is 0 Å². The van der Waals surface area contributed by atoms with Crippen molar-refractivity contribution in [3.05, 3.63) is 66.2 Å². The highest BCUT2D eigenvalue weighted by Crippen LogP contribution is 2.38. The molecule has 4 rings (SSSR count). The van der Waals surface area contributed by atoms with Gasteiger partial charge in [-0.1, -0.05) is 38.3 Å². The van der Waals surface area contributed by atoms with E-state index < -0.39 is 28.5 Å². The van der Waals surface area contributed by atoms with Gasteiger partial charge in [0.2, 0.25) is 11.8 Å². The van der Waals surface area contributed by atoms with Crippen molar-refractivity contribution in [2.75, 3.05) is 46.4 Å². The molecule has 0 aromatic heterocycles. The average Bonchev–Trinajstić information content (AvgIpc) is 3.13. The van der Waals surface area contributed by atoms with E-state index in [-0.39, 0.29) is 40.6 Å². The number of hydrogen-bond donors (Lipinski definition) is 1. The molecule has 13 heteroatoms. The molecule has 49 heavy (non-hydrogen) atoms. The Morgan fingerprint density at radius 1 is 0.776 bits per heavy atom. The van der Waals surface area contributed by atoms with E-state index in [1.165, 1.54) is 57.6 Å². The largest absolute Gasteiger partial charge is 0.497 e. The summed E-state index contributed by atoms with van der Waals surface area (Å²) < 4.78 is 57.1. The molecule has 0 bridgehead atoms. The van der Waals surface area contributed by atoms with E-state index >= 15 is 0 Å². The van der Waals surface area contributed by atoms with Crippen molar-refractivity contribution < 1.29 is 41.7 Å². The molecule has 2 amide bonds. The van der Waals surface area contributed by atoms with Crippen LogP contribution in [-0.4, -0.2) is 79.3 Å². The number of amides is 2. The Morgan fingerprint density at radius 3 is 1.98 bits per heavy atom. The minimum absolute atomic E-state index is 0.0243. The smallest absolute Gasteiger partial charge is 0.265 e. The highest BCUT2D eigenvalue weighted by atomic mass is 32.2. The molecule has 266 valence electrons. The molecule has 12 nitrogen and oxygen atoms in total. The lowest BCUT2D eigenvalue weighted by molar-refractivity contribution is -0.140. The second-order valence-corrected chi connectivity index (χ2v) is 13.6. The molecule has 1 aliphatic carbocycles. The molecule has 1 aliphatic rings. The minimum Gasteiger partial charge on any atom is -0.497 e. The number of sulfonamides is 1. The van der Waals surface area contributed by atoms with Crippen LogP contribution in [-0.2, 0) is 26.2 Å². The molecular formula is C36H47N3O9S. The maximum atomic E-state index is 14.6. The van der Waals surface area contributed by atoms with Crippen molar-refractivity contribution in [2.24, 2.45) is 0 Å². The summed E-state index contributed by atoms with van der Waals surface area (Å²) in [5.74, 6) is 0.856. The second kappa shape index (κ2) is 17.1. The summed E-state index contributed by atoms with van der Waals surface area (Å²) in [6, 6.07) is 15.2. The first-order valence-corrected chi connectivity index (χ1v) is 17.7. The fourth-order valence-electron chi connectivity index (χ4n) is 6.00. The van der Waals surface area contributed by atoms with Crippen LogP contribution in [0.4, 0.5) is 5.69 Å². The van der Waals surface area contributed by atoms with E-state index in [1.807, 2.05) is 19.1 Å². The van der Waals surface area contributed by atoms with Crippen molar-refractivity contribution >= 4 is 27.5 Å². The quantitative estimate of drug-likeness (QED) is 0.215. The monoisotopic (exact) mass is 697 g/mol. The van der Waals surface area contributed by atoms with Crippen LogP contribution in [0.15, 0.2) is 65.6 Å². The topological polar surface area (TPSA) is 133 Å². The van der Waals surface area contributed by atoms with Crippen LogP contribution in [0.1, 0.15) is 51.0 Å². The Hall–Kier alpha value is -4.65. The van der Waals surface area contributed by atoms with E-state index in [2.05, 4.69) is 5.32 Å². The van der Waals surface area contributed by atoms with E-state index in [0.717, 1.165) is 42.0 Å². The first-order chi connectivity index (χ1) is 23.6. The average molecular weight is 698 g/mol. The second-order valence-electron chi connectivity index (χ2n) is 11.7. The summed E-state index contributed by atoms with van der Waals surface area (Å²) in [6.07, 6.45) is 5.25. The number of carbonyl (C=O) groups is 2. The number of anilines is 1. The zero-order valence-electron chi connectivity index (χ0n) is 29.1. The molecule has 1 fully saturated rings. The highest BCUT2D eigenvalue weighted by molar-refractivity contribution is 7.92. The lowest BCUT2D eigenvalue weighted by Gasteiger charge is -2.34. The lowest BCUT2D eigenvalue weighted by atomic mass is 9.95. The SMILES string of the molecule is CC[C@H](C(=O)NC1CCCCC1)N(Cc1ccc(OC)cc1)C(=O)CN(c1cc(OC)ccc1OC)S(=O)(=O)c1ccc(OC)c(OC)c1. The number of carbonyl (C=O) groups excluding carboxylic acids is 2. The van der Waals surface area contributed by atoms with Crippen LogP contribution in [0.2, 0.25) is 0 Å². The summed E-state index contributed by atoms with van der Waals surface area (Å²) in [4.78, 5) is 29.8. The van der Waals surface area contributed by atoms with Gasteiger partial charge in [0.15, 0.2) is 11.5 Å². The first kappa shape index (κ1) is 37.2. The molecule has 0 heterocycles. The fraction of sp³-hybridized carbons (Fsp3) is 0.444. The Labute approximate surface area is 289 Å². The van der Waals surface area contributed by atoms with Gasteiger partial charge in [-0.25, -0.2) is 8.42 Å². The first-order valence-electron chi connectivity index (χ1n) is 16.3. The fourth-order valence-corrected chi connectivity index (χ4v) is 7.43. The third kappa shape index (κ3) is 8.88. The molecular weight excluding hydrogens is 650 g/mol. The van der Waals surface area contributed by atoms with Gasteiger partial charge in [-0.3, -0.25) is 13.9 Å². The molecule has 0 saturated heterocycles. The number of ether oxygens (including phenoxy) is 5. The zero-order valence-corrected chi connectivity index (χ0v) is 29.9. The standard InChI is InChI=1S/C36H47N3O9S/c1-7-30(36(41)37-26-11-9-8-10-12-26)38(23-25-13-15-27(44-2)16-14-25)35(40)24-39(31-21-28(45-3)17-19-32(31)46-4)49(42,43)29-18-20-33(47-5)34(22-29)48-6/h13-22,26,30H,7-12,23-24H2,1-6H3,(H,37,41)/t30-/m1/s1. The molecule has 0 spiro atoms. The number of rotatable bonds is 16. The number of nitrogens with zero attached hydrogens (tertiary/aromatic N) is 2. The van der Waals surface area contributed by atoms with Crippen LogP contribution in [0.25, 0.3) is 0 Å². The van der Waals surface area contributed by atoms with Gasteiger partial charge in [0, 0.05) is 24.7 Å². The van der Waals surface area contributed by atoms with E-state index in [9.17, 15) is 18.0 Å². The lowest BCUT2D eigenvalue weighted by Crippen LogP contribution is -2.54. The maximum Gasteiger partial charge on any atom is 0.265 e. The van der Waals surface area contributed by atoms with Crippen molar-refractivity contribution in [3.63, 3.8) is 0 Å². The molecule has 0 aliphatic heterocycles.